The van der Waals surface area contributed by atoms with Crippen LogP contribution in [0.25, 0.3) is 21.0 Å². The Hall–Kier alpha value is -3.78. The van der Waals surface area contributed by atoms with Crippen molar-refractivity contribution in [2.24, 2.45) is 0 Å². The molecule has 0 unspecified atom stereocenters. The number of carbonyl (C=O) groups is 1. The van der Waals surface area contributed by atoms with Crippen LogP contribution in [-0.4, -0.2) is 65.7 Å². The lowest BCUT2D eigenvalue weighted by molar-refractivity contribution is -0.177. The van der Waals surface area contributed by atoms with Crippen molar-refractivity contribution >= 4 is 27.5 Å². The quantitative estimate of drug-likeness (QED) is 0.245. The third-order valence-electron chi connectivity index (χ3n) is 7.84. The number of fused-ring (bicyclic) bond motifs is 1. The molecule has 1 atom stereocenters. The van der Waals surface area contributed by atoms with Crippen LogP contribution in [0.1, 0.15) is 43.9 Å². The van der Waals surface area contributed by atoms with Gasteiger partial charge in [-0.25, -0.2) is 19.4 Å². The SMILES string of the molecule is COc1ccccc1[C@H](Cn1c(=O)n(C(C)(C)C(=O)N(C)OC)c(=O)c2c(C)c(-c3ncco3)sc21)OC1CCOCC1. The third-order valence-corrected chi connectivity index (χ3v) is 9.14. The van der Waals surface area contributed by atoms with Crippen molar-refractivity contribution in [2.75, 3.05) is 34.5 Å². The van der Waals surface area contributed by atoms with E-state index in [1.54, 1.807) is 14.0 Å². The lowest BCUT2D eigenvalue weighted by atomic mass is 10.0. The summed E-state index contributed by atoms with van der Waals surface area (Å²) in [5.41, 5.74) is -1.49. The molecule has 1 aromatic carbocycles. The second kappa shape index (κ2) is 12.4. The van der Waals surface area contributed by atoms with Gasteiger partial charge in [-0.3, -0.25) is 19.0 Å². The van der Waals surface area contributed by atoms with E-state index in [1.807, 2.05) is 24.3 Å². The highest BCUT2D eigenvalue weighted by Crippen LogP contribution is 2.38. The Bertz CT molecular complexity index is 1720. The smallest absolute Gasteiger partial charge is 0.333 e. The number of likely N-dealkylation sites (N-methyl/N-ethyl adjacent to an activating group) is 1. The van der Waals surface area contributed by atoms with E-state index in [4.69, 9.17) is 23.5 Å². The van der Waals surface area contributed by atoms with Crippen molar-refractivity contribution in [1.29, 1.82) is 0 Å². The van der Waals surface area contributed by atoms with Gasteiger partial charge in [0.1, 0.15) is 28.5 Å². The summed E-state index contributed by atoms with van der Waals surface area (Å²) in [6.45, 7) is 6.03. The zero-order valence-electron chi connectivity index (χ0n) is 25.1. The summed E-state index contributed by atoms with van der Waals surface area (Å²) in [5.74, 6) is 0.371. The van der Waals surface area contributed by atoms with Crippen molar-refractivity contribution in [2.45, 2.75) is 57.9 Å². The molecule has 1 aliphatic rings. The molecule has 3 aromatic heterocycles. The molecule has 0 spiro atoms. The van der Waals surface area contributed by atoms with Crippen LogP contribution in [0.4, 0.5) is 0 Å². The molecule has 1 aliphatic heterocycles. The van der Waals surface area contributed by atoms with Gasteiger partial charge in [-0.15, -0.1) is 11.3 Å². The first kappa shape index (κ1) is 30.7. The molecule has 4 heterocycles. The van der Waals surface area contributed by atoms with Gasteiger partial charge < -0.3 is 18.6 Å². The van der Waals surface area contributed by atoms with E-state index in [9.17, 15) is 14.4 Å². The number of carbonyl (C=O) groups excluding carboxylic acids is 1. The van der Waals surface area contributed by atoms with Crippen LogP contribution in [0.5, 0.6) is 5.75 Å². The summed E-state index contributed by atoms with van der Waals surface area (Å²) in [5, 5.41) is 1.30. The molecule has 1 saturated heterocycles. The third kappa shape index (κ3) is 5.65. The molecule has 5 rings (SSSR count). The minimum atomic E-state index is -1.59. The monoisotopic (exact) mass is 612 g/mol. The van der Waals surface area contributed by atoms with Gasteiger partial charge in [-0.2, -0.15) is 0 Å². The van der Waals surface area contributed by atoms with E-state index in [0.717, 1.165) is 15.2 Å². The Labute approximate surface area is 252 Å². The number of rotatable bonds is 10. The van der Waals surface area contributed by atoms with E-state index < -0.39 is 28.8 Å². The molecule has 1 fully saturated rings. The van der Waals surface area contributed by atoms with Gasteiger partial charge in [0.05, 0.1) is 43.3 Å². The maximum absolute atomic E-state index is 14.5. The minimum absolute atomic E-state index is 0.0444. The number of para-hydroxylation sites is 1. The summed E-state index contributed by atoms with van der Waals surface area (Å²) in [6.07, 6.45) is 3.64. The van der Waals surface area contributed by atoms with Gasteiger partial charge >= 0.3 is 5.69 Å². The summed E-state index contributed by atoms with van der Waals surface area (Å²) >= 11 is 1.23. The molecule has 0 bridgehead atoms. The number of aromatic nitrogens is 3. The molecule has 0 aliphatic carbocycles. The van der Waals surface area contributed by atoms with Gasteiger partial charge in [0.15, 0.2) is 0 Å². The minimum Gasteiger partial charge on any atom is -0.496 e. The first-order valence-corrected chi connectivity index (χ1v) is 14.8. The van der Waals surface area contributed by atoms with E-state index in [1.165, 1.54) is 56.4 Å². The lowest BCUT2D eigenvalue weighted by Gasteiger charge is -2.31. The first-order valence-electron chi connectivity index (χ1n) is 14.0. The molecular formula is C30H36N4O8S. The average molecular weight is 613 g/mol. The number of aryl methyl sites for hydroxylation is 1. The number of benzene rings is 1. The molecule has 43 heavy (non-hydrogen) atoms. The zero-order valence-corrected chi connectivity index (χ0v) is 25.9. The number of ether oxygens (including phenoxy) is 3. The normalized spacial score (nSPS) is 15.1. The Kier molecular flexibility index (Phi) is 8.88. The standard InChI is InChI=1S/C30H36N4O8S/c1-18-23-26(35)34(30(2,3)28(36)32(4)39-6)29(37)33(27(23)43-24(18)25-31-13-16-41-25)17-22(42-19-11-14-40-15-12-19)20-9-7-8-10-21(20)38-5/h7-10,13,16,19,22H,11-12,14-15,17H2,1-6H3/t22-/m0/s1. The molecule has 12 nitrogen and oxygen atoms in total. The van der Waals surface area contributed by atoms with Gasteiger partial charge in [0.25, 0.3) is 11.5 Å². The average Bonchev–Trinajstić information content (AvgIpc) is 3.66. The van der Waals surface area contributed by atoms with E-state index in [-0.39, 0.29) is 12.6 Å². The number of methoxy groups -OCH3 is 1. The predicted octanol–water partition coefficient (Wildman–Crippen LogP) is 3.89. The van der Waals surface area contributed by atoms with Crippen LogP contribution in [0.2, 0.25) is 0 Å². The summed E-state index contributed by atoms with van der Waals surface area (Å²) < 4.78 is 26.0. The number of thiophene rings is 1. The van der Waals surface area contributed by atoms with E-state index in [0.29, 0.717) is 58.4 Å². The Morgan fingerprint density at radius 3 is 2.58 bits per heavy atom. The van der Waals surface area contributed by atoms with Crippen molar-refractivity contribution in [3.8, 4) is 16.5 Å². The number of hydrogen-bond acceptors (Lipinski definition) is 10. The largest absolute Gasteiger partial charge is 0.496 e. The predicted molar refractivity (Wildman–Crippen MR) is 160 cm³/mol. The molecule has 0 N–H and O–H groups in total. The maximum Gasteiger partial charge on any atom is 0.333 e. The van der Waals surface area contributed by atoms with Crippen molar-refractivity contribution < 1.29 is 28.3 Å². The molecule has 0 radical (unpaired) electrons. The number of hydrogen-bond donors (Lipinski definition) is 0. The summed E-state index contributed by atoms with van der Waals surface area (Å²) in [4.78, 5) is 52.5. The number of hydroxylamine groups is 2. The highest BCUT2D eigenvalue weighted by atomic mass is 32.1. The van der Waals surface area contributed by atoms with Gasteiger partial charge in [0, 0.05) is 25.8 Å². The highest BCUT2D eigenvalue weighted by molar-refractivity contribution is 7.22. The van der Waals surface area contributed by atoms with Gasteiger partial charge in [-0.1, -0.05) is 18.2 Å². The molecular weight excluding hydrogens is 576 g/mol. The fourth-order valence-corrected chi connectivity index (χ4v) is 6.70. The van der Waals surface area contributed by atoms with Crippen LogP contribution < -0.4 is 16.0 Å². The fourth-order valence-electron chi connectivity index (χ4n) is 5.46. The lowest BCUT2D eigenvalue weighted by Crippen LogP contribution is -2.56. The highest BCUT2D eigenvalue weighted by Gasteiger charge is 2.38. The van der Waals surface area contributed by atoms with E-state index in [2.05, 4.69) is 4.98 Å². The van der Waals surface area contributed by atoms with Crippen molar-refractivity contribution in [1.82, 2.24) is 19.2 Å². The molecule has 4 aromatic rings. The van der Waals surface area contributed by atoms with E-state index >= 15 is 0 Å². The zero-order chi connectivity index (χ0) is 30.9. The summed E-state index contributed by atoms with van der Waals surface area (Å²) in [6, 6.07) is 7.49. The van der Waals surface area contributed by atoms with Crippen molar-refractivity contribution in [3.05, 3.63) is 68.7 Å². The topological polar surface area (TPSA) is 127 Å². The second-order valence-electron chi connectivity index (χ2n) is 10.8. The first-order chi connectivity index (χ1) is 20.6. The van der Waals surface area contributed by atoms with Gasteiger partial charge in [-0.05, 0) is 45.2 Å². The molecule has 230 valence electrons. The van der Waals surface area contributed by atoms with Crippen LogP contribution in [0.3, 0.4) is 0 Å². The van der Waals surface area contributed by atoms with Crippen LogP contribution >= 0.6 is 11.3 Å². The summed E-state index contributed by atoms with van der Waals surface area (Å²) in [7, 11) is 4.36. The Morgan fingerprint density at radius 1 is 1.21 bits per heavy atom. The molecule has 1 amide bonds. The maximum atomic E-state index is 14.5. The van der Waals surface area contributed by atoms with Crippen molar-refractivity contribution in [3.63, 3.8) is 0 Å². The van der Waals surface area contributed by atoms with Crippen LogP contribution in [-0.2, 0) is 31.2 Å². The molecule has 0 saturated carbocycles. The Balaban J connectivity index is 1.76. The van der Waals surface area contributed by atoms with Crippen LogP contribution in [0, 0.1) is 6.92 Å². The van der Waals surface area contributed by atoms with Gasteiger partial charge in [0.2, 0.25) is 5.89 Å². The number of nitrogens with zero attached hydrogens (tertiary/aromatic N) is 4. The Morgan fingerprint density at radius 2 is 1.93 bits per heavy atom. The molecule has 13 heteroatoms. The number of oxazole rings is 1. The number of amides is 1. The van der Waals surface area contributed by atoms with Crippen LogP contribution in [0.15, 0.2) is 50.7 Å². The second-order valence-corrected chi connectivity index (χ2v) is 11.8. The fraction of sp³-hybridized carbons (Fsp3) is 0.467.